The van der Waals surface area contributed by atoms with Crippen LogP contribution in [0.3, 0.4) is 0 Å². The van der Waals surface area contributed by atoms with Gasteiger partial charge in [-0.15, -0.1) is 6.58 Å². The number of aliphatic hydroxyl groups is 1. The molecule has 0 saturated carbocycles. The fourth-order valence-corrected chi connectivity index (χ4v) is 3.07. The number of carbonyl (C=O) groups excluding carboxylic acids is 1. The van der Waals surface area contributed by atoms with Crippen molar-refractivity contribution < 1.29 is 28.8 Å². The third-order valence-corrected chi connectivity index (χ3v) is 4.19. The molecule has 25 heavy (non-hydrogen) atoms. The van der Waals surface area contributed by atoms with Crippen LogP contribution in [-0.2, 0) is 23.7 Å². The highest BCUT2D eigenvalue weighted by Crippen LogP contribution is 2.34. The molecule has 4 unspecified atom stereocenters. The molecular formula is C18H23NO6. The molecule has 6 atom stereocenters. The summed E-state index contributed by atoms with van der Waals surface area (Å²) in [5, 5.41) is 13.5. The van der Waals surface area contributed by atoms with E-state index in [-0.39, 0.29) is 19.1 Å². The van der Waals surface area contributed by atoms with Gasteiger partial charge >= 0.3 is 0 Å². The molecule has 7 heteroatoms. The lowest BCUT2D eigenvalue weighted by Gasteiger charge is -2.47. The van der Waals surface area contributed by atoms with Crippen molar-refractivity contribution >= 4 is 5.91 Å². The Bertz CT molecular complexity index is 594. The minimum atomic E-state index is -0.993. The van der Waals surface area contributed by atoms with Crippen molar-refractivity contribution in [3.05, 3.63) is 48.6 Å². The Labute approximate surface area is 146 Å². The molecule has 3 rings (SSSR count). The Balaban J connectivity index is 1.75. The van der Waals surface area contributed by atoms with E-state index in [0.717, 1.165) is 5.56 Å². The SMILES string of the molecule is C=CCO[C@H]1OC2COC(c3ccccc3)O[C@H]2C(O)C1NC(C)=O. The highest BCUT2D eigenvalue weighted by molar-refractivity contribution is 5.73. The zero-order chi connectivity index (χ0) is 17.8. The number of hydrogen-bond donors (Lipinski definition) is 2. The van der Waals surface area contributed by atoms with Crippen LogP contribution in [0.5, 0.6) is 0 Å². The smallest absolute Gasteiger partial charge is 0.217 e. The summed E-state index contributed by atoms with van der Waals surface area (Å²) in [5.74, 6) is -0.287. The summed E-state index contributed by atoms with van der Waals surface area (Å²) in [6.45, 7) is 5.46. The largest absolute Gasteiger partial charge is 0.388 e. The van der Waals surface area contributed by atoms with Crippen molar-refractivity contribution in [3.8, 4) is 0 Å². The average molecular weight is 349 g/mol. The standard InChI is InChI=1S/C18H23NO6/c1-3-9-22-18-14(19-11(2)20)15(21)16-13(24-18)10-23-17(25-16)12-7-5-4-6-8-12/h3-8,13-18,21H,1,9-10H2,2H3,(H,19,20)/t13?,14?,15?,16-,17?,18+/m1/s1. The van der Waals surface area contributed by atoms with Gasteiger partial charge in [0, 0.05) is 12.5 Å². The Morgan fingerprint density at radius 3 is 2.84 bits per heavy atom. The summed E-state index contributed by atoms with van der Waals surface area (Å²) in [6.07, 6.45) is -1.95. The van der Waals surface area contributed by atoms with Gasteiger partial charge in [0.05, 0.1) is 13.2 Å². The normalized spacial score (nSPS) is 34.8. The molecule has 2 aliphatic rings. The van der Waals surface area contributed by atoms with Crippen LogP contribution in [0, 0.1) is 0 Å². The third kappa shape index (κ3) is 4.08. The molecule has 2 fully saturated rings. The lowest BCUT2D eigenvalue weighted by Crippen LogP contribution is -2.66. The molecule has 136 valence electrons. The van der Waals surface area contributed by atoms with Crippen LogP contribution >= 0.6 is 0 Å². The number of fused-ring (bicyclic) bond motifs is 1. The van der Waals surface area contributed by atoms with Gasteiger partial charge in [-0.3, -0.25) is 4.79 Å². The molecule has 1 amide bonds. The van der Waals surface area contributed by atoms with E-state index in [1.165, 1.54) is 6.92 Å². The minimum Gasteiger partial charge on any atom is -0.388 e. The zero-order valence-corrected chi connectivity index (χ0v) is 14.0. The van der Waals surface area contributed by atoms with E-state index in [9.17, 15) is 9.90 Å². The van der Waals surface area contributed by atoms with Crippen molar-refractivity contribution in [1.29, 1.82) is 0 Å². The van der Waals surface area contributed by atoms with Crippen LogP contribution < -0.4 is 5.32 Å². The Morgan fingerprint density at radius 2 is 2.16 bits per heavy atom. The minimum absolute atomic E-state index is 0.235. The van der Waals surface area contributed by atoms with Crippen LogP contribution in [0.4, 0.5) is 0 Å². The van der Waals surface area contributed by atoms with E-state index < -0.39 is 36.9 Å². The van der Waals surface area contributed by atoms with Crippen LogP contribution in [0.25, 0.3) is 0 Å². The maximum absolute atomic E-state index is 11.5. The zero-order valence-electron chi connectivity index (χ0n) is 14.0. The van der Waals surface area contributed by atoms with Crippen molar-refractivity contribution in [2.24, 2.45) is 0 Å². The summed E-state index contributed by atoms with van der Waals surface area (Å²) in [7, 11) is 0. The van der Waals surface area contributed by atoms with E-state index in [0.29, 0.717) is 0 Å². The van der Waals surface area contributed by atoms with Crippen molar-refractivity contribution in [3.63, 3.8) is 0 Å². The molecule has 7 nitrogen and oxygen atoms in total. The van der Waals surface area contributed by atoms with Gasteiger partial charge < -0.3 is 29.4 Å². The number of amides is 1. The van der Waals surface area contributed by atoms with Gasteiger partial charge in [-0.05, 0) is 0 Å². The summed E-state index contributed by atoms with van der Waals surface area (Å²) < 4.78 is 23.1. The molecular weight excluding hydrogens is 326 g/mol. The number of benzene rings is 1. The van der Waals surface area contributed by atoms with Crippen molar-refractivity contribution in [2.45, 2.75) is 43.9 Å². The van der Waals surface area contributed by atoms with Gasteiger partial charge in [-0.25, -0.2) is 0 Å². The maximum atomic E-state index is 11.5. The second kappa shape index (κ2) is 8.07. The molecule has 2 N–H and O–H groups in total. The lowest BCUT2D eigenvalue weighted by molar-refractivity contribution is -0.343. The number of nitrogens with one attached hydrogen (secondary N) is 1. The molecule has 2 heterocycles. The van der Waals surface area contributed by atoms with Gasteiger partial charge in [0.25, 0.3) is 0 Å². The van der Waals surface area contributed by atoms with Gasteiger partial charge in [-0.1, -0.05) is 36.4 Å². The van der Waals surface area contributed by atoms with Gasteiger partial charge in [0.1, 0.15) is 24.4 Å². The van der Waals surface area contributed by atoms with Crippen molar-refractivity contribution in [1.82, 2.24) is 5.32 Å². The third-order valence-electron chi connectivity index (χ3n) is 4.19. The maximum Gasteiger partial charge on any atom is 0.217 e. The Hall–Kier alpha value is -1.77. The van der Waals surface area contributed by atoms with Crippen LogP contribution in [0.15, 0.2) is 43.0 Å². The second-order valence-electron chi connectivity index (χ2n) is 6.06. The van der Waals surface area contributed by atoms with E-state index in [1.54, 1.807) is 6.08 Å². The first-order chi connectivity index (χ1) is 12.1. The second-order valence-corrected chi connectivity index (χ2v) is 6.06. The molecule has 0 bridgehead atoms. The van der Waals surface area contributed by atoms with Crippen LogP contribution in [-0.4, -0.2) is 54.9 Å². The van der Waals surface area contributed by atoms with Crippen LogP contribution in [0.2, 0.25) is 0 Å². The topological polar surface area (TPSA) is 86.2 Å². The van der Waals surface area contributed by atoms with E-state index >= 15 is 0 Å². The monoisotopic (exact) mass is 349 g/mol. The highest BCUT2D eigenvalue weighted by atomic mass is 16.7. The molecule has 2 aliphatic heterocycles. The molecule has 0 radical (unpaired) electrons. The number of hydrogen-bond acceptors (Lipinski definition) is 6. The van der Waals surface area contributed by atoms with E-state index in [4.69, 9.17) is 18.9 Å². The van der Waals surface area contributed by atoms with Gasteiger partial charge in [-0.2, -0.15) is 0 Å². The number of ether oxygens (including phenoxy) is 4. The molecule has 0 spiro atoms. The summed E-state index contributed by atoms with van der Waals surface area (Å²) in [6, 6.07) is 8.73. The fraction of sp³-hybridized carbons (Fsp3) is 0.500. The summed E-state index contributed by atoms with van der Waals surface area (Å²) in [5.41, 5.74) is 0.856. The Kier molecular flexibility index (Phi) is 5.82. The summed E-state index contributed by atoms with van der Waals surface area (Å²) >= 11 is 0. The predicted octanol–water partition coefficient (Wildman–Crippen LogP) is 0.894. The highest BCUT2D eigenvalue weighted by Gasteiger charge is 2.50. The van der Waals surface area contributed by atoms with Gasteiger partial charge in [0.15, 0.2) is 12.6 Å². The van der Waals surface area contributed by atoms with Crippen LogP contribution in [0.1, 0.15) is 18.8 Å². The summed E-state index contributed by atoms with van der Waals surface area (Å²) in [4.78, 5) is 11.5. The first-order valence-corrected chi connectivity index (χ1v) is 8.25. The van der Waals surface area contributed by atoms with E-state index in [1.807, 2.05) is 30.3 Å². The lowest BCUT2D eigenvalue weighted by atomic mass is 9.95. The molecule has 2 saturated heterocycles. The average Bonchev–Trinajstić information content (AvgIpc) is 2.63. The molecule has 0 aliphatic carbocycles. The fourth-order valence-electron chi connectivity index (χ4n) is 3.07. The van der Waals surface area contributed by atoms with Crippen molar-refractivity contribution in [2.75, 3.05) is 13.2 Å². The molecule has 1 aromatic carbocycles. The Morgan fingerprint density at radius 1 is 1.40 bits per heavy atom. The van der Waals surface area contributed by atoms with Gasteiger partial charge in [0.2, 0.25) is 5.91 Å². The first-order valence-electron chi connectivity index (χ1n) is 8.25. The molecule has 0 aromatic heterocycles. The number of carbonyl (C=O) groups is 1. The predicted molar refractivity (Wildman–Crippen MR) is 88.4 cm³/mol. The first kappa shape index (κ1) is 18.0. The molecule has 1 aromatic rings. The number of rotatable bonds is 5. The number of aliphatic hydroxyl groups excluding tert-OH is 1. The van der Waals surface area contributed by atoms with E-state index in [2.05, 4.69) is 11.9 Å². The quantitative estimate of drug-likeness (QED) is 0.768.